The third-order valence-corrected chi connectivity index (χ3v) is 12.7. The number of methoxy groups -OCH3 is 1. The van der Waals surface area contributed by atoms with Gasteiger partial charge in [0.15, 0.2) is 5.78 Å². The summed E-state index contributed by atoms with van der Waals surface area (Å²) in [5.41, 5.74) is 1.31. The van der Waals surface area contributed by atoms with Crippen molar-refractivity contribution in [2.24, 2.45) is 5.92 Å². The van der Waals surface area contributed by atoms with Crippen LogP contribution in [-0.4, -0.2) is 137 Å². The van der Waals surface area contributed by atoms with E-state index in [0.29, 0.717) is 75.1 Å². The predicted octanol–water partition coefficient (Wildman–Crippen LogP) is 2.95. The van der Waals surface area contributed by atoms with E-state index in [4.69, 9.17) is 9.47 Å². The maximum atomic E-state index is 13.7. The topological polar surface area (TPSA) is 258 Å². The molecule has 19 nitrogen and oxygen atoms in total. The Labute approximate surface area is 391 Å². The van der Waals surface area contributed by atoms with Gasteiger partial charge in [-0.15, -0.1) is 0 Å². The Morgan fingerprint density at radius 3 is 2.26 bits per heavy atom. The lowest BCUT2D eigenvalue weighted by atomic mass is 9.74. The van der Waals surface area contributed by atoms with Gasteiger partial charge in [-0.3, -0.25) is 48.2 Å². The summed E-state index contributed by atoms with van der Waals surface area (Å²) in [6.45, 7) is 3.25. The van der Waals surface area contributed by atoms with Crippen LogP contribution in [0.15, 0.2) is 54.6 Å². The minimum atomic E-state index is -0.916. The van der Waals surface area contributed by atoms with E-state index in [0.717, 1.165) is 4.90 Å². The van der Waals surface area contributed by atoms with Crippen molar-refractivity contribution in [2.75, 3.05) is 58.2 Å². The van der Waals surface area contributed by atoms with Crippen molar-refractivity contribution in [1.82, 2.24) is 25.3 Å². The molecule has 358 valence electrons. The van der Waals surface area contributed by atoms with E-state index < -0.39 is 47.2 Å². The van der Waals surface area contributed by atoms with Gasteiger partial charge in [0.25, 0.3) is 11.8 Å². The molecule has 2 atom stereocenters. The number of phenols is 2. The van der Waals surface area contributed by atoms with E-state index >= 15 is 0 Å². The van der Waals surface area contributed by atoms with Gasteiger partial charge in [0.2, 0.25) is 23.5 Å². The van der Waals surface area contributed by atoms with Gasteiger partial charge >= 0.3 is 6.09 Å². The minimum absolute atomic E-state index is 0.0282. The van der Waals surface area contributed by atoms with Gasteiger partial charge in [-0.25, -0.2) is 4.79 Å². The first-order valence-electron chi connectivity index (χ1n) is 22.7. The summed E-state index contributed by atoms with van der Waals surface area (Å²) >= 11 is 0. The van der Waals surface area contributed by atoms with Gasteiger partial charge in [-0.05, 0) is 69.2 Å². The maximum Gasteiger partial charge on any atom is 0.410 e. The van der Waals surface area contributed by atoms with E-state index in [1.165, 1.54) is 32.3 Å². The van der Waals surface area contributed by atoms with Crippen molar-refractivity contribution in [3.63, 3.8) is 0 Å². The molecule has 0 saturated carbocycles. The van der Waals surface area contributed by atoms with Crippen LogP contribution in [0.1, 0.15) is 94.0 Å². The Morgan fingerprint density at radius 1 is 0.809 bits per heavy atom. The number of Topliss-reactive ketones (excluding diaryl/α,β-unsaturated/α-hetero) is 1. The predicted molar refractivity (Wildman–Crippen MR) is 243 cm³/mol. The highest BCUT2D eigenvalue weighted by Crippen LogP contribution is 2.47. The van der Waals surface area contributed by atoms with Crippen LogP contribution in [0, 0.1) is 5.92 Å². The lowest BCUT2D eigenvalue weighted by molar-refractivity contribution is -0.137. The first kappa shape index (κ1) is 48.5. The monoisotopic (exact) mass is 934 g/mol. The van der Waals surface area contributed by atoms with Crippen LogP contribution in [-0.2, 0) is 53.0 Å². The van der Waals surface area contributed by atoms with Crippen LogP contribution in [0.25, 0.3) is 0 Å². The number of nitrogens with one attached hydrogen (secondary N) is 3. The molecular formula is C49H54N6O13. The number of rotatable bonds is 17. The Kier molecular flexibility index (Phi) is 15.3. The fraction of sp³-hybridized carbons (Fsp3) is 0.408. The molecule has 3 aromatic carbocycles. The zero-order valence-electron chi connectivity index (χ0n) is 37.9. The Balaban J connectivity index is 0.804. The number of hydrogen-bond donors (Lipinski definition) is 5. The molecule has 0 radical (unpaired) electrons. The summed E-state index contributed by atoms with van der Waals surface area (Å²) in [7, 11) is 1.38. The smallest absolute Gasteiger partial charge is 0.410 e. The molecule has 0 aromatic heterocycles. The number of carbonyl (C=O) groups excluding carboxylic acids is 9. The quantitative estimate of drug-likeness (QED) is 0.0580. The highest BCUT2D eigenvalue weighted by atomic mass is 16.6. The molecule has 3 aromatic rings. The molecule has 6 amide bonds. The number of amides is 6. The molecule has 2 heterocycles. The normalized spacial score (nSPS) is 17.1. The van der Waals surface area contributed by atoms with Crippen LogP contribution in [0.3, 0.4) is 0 Å². The fourth-order valence-electron chi connectivity index (χ4n) is 8.92. The zero-order valence-corrected chi connectivity index (χ0v) is 37.9. The van der Waals surface area contributed by atoms with Crippen molar-refractivity contribution < 1.29 is 62.8 Å². The van der Waals surface area contributed by atoms with E-state index in [2.05, 4.69) is 16.0 Å². The van der Waals surface area contributed by atoms with E-state index in [1.54, 1.807) is 41.3 Å². The van der Waals surface area contributed by atoms with E-state index in [1.807, 2.05) is 4.90 Å². The van der Waals surface area contributed by atoms with Gasteiger partial charge in [0.1, 0.15) is 35.7 Å². The Bertz CT molecular complexity index is 2560. The average Bonchev–Trinajstić information content (AvgIpc) is 3.48. The molecule has 0 unspecified atom stereocenters. The van der Waals surface area contributed by atoms with Crippen LogP contribution in [0.5, 0.6) is 17.2 Å². The van der Waals surface area contributed by atoms with Crippen LogP contribution in [0.4, 0.5) is 10.5 Å². The first-order valence-corrected chi connectivity index (χ1v) is 22.7. The van der Waals surface area contributed by atoms with E-state index in [9.17, 15) is 53.4 Å². The van der Waals surface area contributed by atoms with Crippen LogP contribution < -0.4 is 20.7 Å². The van der Waals surface area contributed by atoms with Gasteiger partial charge in [0, 0.05) is 79.6 Å². The second-order valence-corrected chi connectivity index (χ2v) is 17.2. The van der Waals surface area contributed by atoms with Gasteiger partial charge in [-0.1, -0.05) is 30.7 Å². The lowest BCUT2D eigenvalue weighted by Crippen LogP contribution is -2.45. The molecule has 7 rings (SSSR count). The van der Waals surface area contributed by atoms with Crippen LogP contribution >= 0.6 is 0 Å². The average molecular weight is 935 g/mol. The number of carbonyl (C=O) groups is 9. The molecule has 1 saturated heterocycles. The third-order valence-electron chi connectivity index (χ3n) is 12.7. The molecular weight excluding hydrogens is 881 g/mol. The molecule has 1 fully saturated rings. The fourth-order valence-corrected chi connectivity index (χ4v) is 8.92. The number of benzene rings is 3. The van der Waals surface area contributed by atoms with Gasteiger partial charge < -0.3 is 40.5 Å². The number of anilines is 1. The van der Waals surface area contributed by atoms with Crippen molar-refractivity contribution in [3.8, 4) is 17.2 Å². The van der Waals surface area contributed by atoms with Gasteiger partial charge in [-0.2, -0.15) is 0 Å². The summed E-state index contributed by atoms with van der Waals surface area (Å²) in [6, 6.07) is 10.3. The second-order valence-electron chi connectivity index (χ2n) is 17.2. The Morgan fingerprint density at radius 2 is 1.53 bits per heavy atom. The molecule has 4 aliphatic rings. The number of hydrogen-bond acceptors (Lipinski definition) is 14. The summed E-state index contributed by atoms with van der Waals surface area (Å²) in [6.07, 6.45) is 5.05. The van der Waals surface area contributed by atoms with Crippen LogP contribution in [0.2, 0.25) is 0 Å². The molecule has 68 heavy (non-hydrogen) atoms. The largest absolute Gasteiger partial charge is 0.507 e. The van der Waals surface area contributed by atoms with Crippen molar-refractivity contribution in [3.05, 3.63) is 93.6 Å². The molecule has 2 aliphatic heterocycles. The molecule has 2 aliphatic carbocycles. The molecule has 0 spiro atoms. The highest BCUT2D eigenvalue weighted by molar-refractivity contribution is 6.31. The maximum absolute atomic E-state index is 13.7. The van der Waals surface area contributed by atoms with E-state index in [-0.39, 0.29) is 108 Å². The number of imide groups is 1. The first-order chi connectivity index (χ1) is 32.6. The SMILES string of the molecule is COc1cccc2c1C(=O)c1c(O)c3c(c(O)c1C2=O)C[C@@H](C(=O)CN1CCCN(C(=O)OCc2ccc(NC(=O)[C@H](C)NC(=O)CNC(=O)CCCCCN4C(=O)C=CC4=O)cc2)CC1)CC3. The molecule has 5 N–H and O–H groups in total. The molecule has 0 bridgehead atoms. The van der Waals surface area contributed by atoms with Crippen molar-refractivity contribution in [1.29, 1.82) is 0 Å². The molecule has 19 heteroatoms. The second kappa shape index (κ2) is 21.5. The van der Waals surface area contributed by atoms with Gasteiger partial charge in [0.05, 0.1) is 36.9 Å². The number of unbranched alkanes of at least 4 members (excludes halogenated alkanes) is 2. The summed E-state index contributed by atoms with van der Waals surface area (Å²) in [4.78, 5) is 119. The number of fused-ring (bicyclic) bond motifs is 3. The number of aromatic hydroxyl groups is 2. The number of ether oxygens (including phenoxy) is 2. The third kappa shape index (κ3) is 10.9. The zero-order chi connectivity index (χ0) is 48.6. The summed E-state index contributed by atoms with van der Waals surface area (Å²) in [5, 5.41) is 30.5. The van der Waals surface area contributed by atoms with Crippen molar-refractivity contribution >= 4 is 58.7 Å². The number of phenolic OH excluding ortho intramolecular Hbond substituents is 2. The highest BCUT2D eigenvalue weighted by Gasteiger charge is 2.41. The summed E-state index contributed by atoms with van der Waals surface area (Å²) < 4.78 is 10.9. The number of nitrogens with zero attached hydrogens (tertiary/aromatic N) is 3. The summed E-state index contributed by atoms with van der Waals surface area (Å²) in [5.74, 6) is -4.45. The van der Waals surface area contributed by atoms with Crippen molar-refractivity contribution in [2.45, 2.75) is 70.9 Å². The Hall–Kier alpha value is -7.41. The lowest BCUT2D eigenvalue weighted by Gasteiger charge is -2.30. The standard InChI is InChI=1S/C49H54N6O13/c1-28(51-38(58)25-50-37(57)10-4-3-5-21-55-39(59)17-18-40(55)60)48(65)52-31-14-11-29(12-15-31)27-68-49(66)54-20-7-19-53(22-23-54)26-35(56)30-13-16-32-34(24-30)46(63)42-43(44(32)61)47(64)41-33(45(42)62)8-6-9-36(41)67-2/h6,8-9,11-12,14-15,17-18,28,30,61,63H,3-5,7,10,13,16,19-27H2,1-2H3,(H,50,57)(H,51,58)(H,52,65)/t28-,30-/m0/s1. The number of ketones is 3. The minimum Gasteiger partial charge on any atom is -0.507 e.